The fourth-order valence-electron chi connectivity index (χ4n) is 6.06. The summed E-state index contributed by atoms with van der Waals surface area (Å²) >= 11 is 1.57. The van der Waals surface area contributed by atoms with Crippen molar-refractivity contribution in [3.05, 3.63) is 0 Å². The van der Waals surface area contributed by atoms with Gasteiger partial charge in [-0.05, 0) is 64.0 Å². The smallest absolute Gasteiger partial charge is 0.307 e. The molecule has 2 N–H and O–H groups in total. The average Bonchev–Trinajstić information content (AvgIpc) is 3.11. The first kappa shape index (κ1) is 48.7. The highest BCUT2D eigenvalue weighted by Gasteiger charge is 2.14. The Balaban J connectivity index is 4.27. The third-order valence-corrected chi connectivity index (χ3v) is 10.3. The van der Waals surface area contributed by atoms with E-state index in [1.807, 2.05) is 0 Å². The standard InChI is InChI=1S/C42H79NO6S/c1-4-7-10-13-15-16-18-26-34-48-42(47)30-35-50-38-40(45)36-43(32-24-25-33-44)31-23-19-22-29-41(46)49-37-39(27-20-12-9-6-3)28-21-17-14-11-8-5-2/h39-40,44-45H,4-17,19-25,27-38H2,1-3H3. The zero-order valence-corrected chi connectivity index (χ0v) is 33.7. The molecular formula is C42H79NO6S. The van der Waals surface area contributed by atoms with Crippen molar-refractivity contribution in [3.8, 4) is 11.8 Å². The number of thioether (sulfide) groups is 1. The summed E-state index contributed by atoms with van der Waals surface area (Å²) in [6.45, 7) is 9.86. The number of carbonyl (C=O) groups is 2. The maximum atomic E-state index is 12.6. The van der Waals surface area contributed by atoms with Gasteiger partial charge in [-0.25, -0.2) is 0 Å². The Morgan fingerprint density at radius 1 is 0.660 bits per heavy atom. The van der Waals surface area contributed by atoms with Crippen LogP contribution in [-0.4, -0.2) is 84.1 Å². The molecule has 0 rings (SSSR count). The molecule has 0 aromatic carbocycles. The van der Waals surface area contributed by atoms with E-state index in [9.17, 15) is 19.8 Å². The minimum atomic E-state index is -0.491. The lowest BCUT2D eigenvalue weighted by Crippen LogP contribution is -2.35. The predicted octanol–water partition coefficient (Wildman–Crippen LogP) is 9.89. The highest BCUT2D eigenvalue weighted by Crippen LogP contribution is 2.20. The molecule has 7 nitrogen and oxygen atoms in total. The SMILES string of the molecule is CCCCCCCC#CCOC(=O)CCSCC(O)CN(CCCCO)CCCCCC(=O)OCC(CCCCCC)CCCCCCCC. The van der Waals surface area contributed by atoms with Gasteiger partial charge in [-0.3, -0.25) is 9.59 Å². The van der Waals surface area contributed by atoms with Gasteiger partial charge in [0.15, 0.2) is 6.61 Å². The number of hydrogen-bond acceptors (Lipinski definition) is 8. The van der Waals surface area contributed by atoms with E-state index >= 15 is 0 Å². The van der Waals surface area contributed by atoms with Gasteiger partial charge in [0.2, 0.25) is 0 Å². The lowest BCUT2D eigenvalue weighted by Gasteiger charge is -2.25. The lowest BCUT2D eigenvalue weighted by molar-refractivity contribution is -0.145. The third-order valence-electron chi connectivity index (χ3n) is 9.21. The number of esters is 2. The Morgan fingerprint density at radius 2 is 1.22 bits per heavy atom. The third kappa shape index (κ3) is 35.1. The molecule has 2 atom stereocenters. The van der Waals surface area contributed by atoms with Crippen molar-refractivity contribution in [1.82, 2.24) is 4.90 Å². The van der Waals surface area contributed by atoms with Gasteiger partial charge in [-0.1, -0.05) is 129 Å². The first-order valence-electron chi connectivity index (χ1n) is 20.8. The van der Waals surface area contributed by atoms with Crippen molar-refractivity contribution >= 4 is 23.7 Å². The van der Waals surface area contributed by atoms with Crippen LogP contribution >= 0.6 is 11.8 Å². The Kier molecular flexibility index (Phi) is 38.0. The molecule has 0 spiro atoms. The second kappa shape index (κ2) is 38.9. The molecule has 8 heteroatoms. The van der Waals surface area contributed by atoms with Crippen LogP contribution in [0.5, 0.6) is 0 Å². The minimum absolute atomic E-state index is 0.0660. The first-order chi connectivity index (χ1) is 24.5. The summed E-state index contributed by atoms with van der Waals surface area (Å²) in [5.41, 5.74) is 0. The van der Waals surface area contributed by atoms with Crippen LogP contribution in [0.1, 0.15) is 181 Å². The number of rotatable bonds is 37. The molecule has 0 amide bonds. The van der Waals surface area contributed by atoms with E-state index in [-0.39, 0.29) is 25.2 Å². The van der Waals surface area contributed by atoms with Gasteiger partial charge in [0.25, 0.3) is 0 Å². The fraction of sp³-hybridized carbons (Fsp3) is 0.905. The van der Waals surface area contributed by atoms with Crippen LogP contribution in [0.2, 0.25) is 0 Å². The van der Waals surface area contributed by atoms with Crippen molar-refractivity contribution in [2.75, 3.05) is 51.0 Å². The number of hydrogen-bond donors (Lipinski definition) is 2. The summed E-state index contributed by atoms with van der Waals surface area (Å²) in [6, 6.07) is 0. The monoisotopic (exact) mass is 726 g/mol. The van der Waals surface area contributed by atoms with Crippen molar-refractivity contribution < 1.29 is 29.3 Å². The summed E-state index contributed by atoms with van der Waals surface area (Å²) in [5.74, 6) is 7.38. The lowest BCUT2D eigenvalue weighted by atomic mass is 9.95. The van der Waals surface area contributed by atoms with E-state index in [0.29, 0.717) is 43.4 Å². The van der Waals surface area contributed by atoms with Gasteiger partial charge in [0.05, 0.1) is 19.1 Å². The second-order valence-electron chi connectivity index (χ2n) is 14.2. The Labute approximate surface area is 313 Å². The minimum Gasteiger partial charge on any atom is -0.465 e. The number of nitrogens with zero attached hydrogens (tertiary/aromatic N) is 1. The molecule has 0 heterocycles. The number of unbranched alkanes of at least 4 members (excludes halogenated alkanes) is 16. The quantitative estimate of drug-likeness (QED) is 0.0371. The van der Waals surface area contributed by atoms with E-state index in [4.69, 9.17) is 9.47 Å². The number of carbonyl (C=O) groups excluding carboxylic acids is 2. The topological polar surface area (TPSA) is 96.3 Å². The Bertz CT molecular complexity index is 816. The van der Waals surface area contributed by atoms with Crippen molar-refractivity contribution in [1.29, 1.82) is 0 Å². The van der Waals surface area contributed by atoms with Gasteiger partial charge in [-0.15, -0.1) is 0 Å². The van der Waals surface area contributed by atoms with Gasteiger partial charge >= 0.3 is 11.9 Å². The van der Waals surface area contributed by atoms with Crippen LogP contribution in [0, 0.1) is 17.8 Å². The van der Waals surface area contributed by atoms with Crippen LogP contribution in [0.3, 0.4) is 0 Å². The van der Waals surface area contributed by atoms with Crippen LogP contribution in [-0.2, 0) is 19.1 Å². The molecule has 2 unspecified atom stereocenters. The summed E-state index contributed by atoms with van der Waals surface area (Å²) < 4.78 is 11.0. The van der Waals surface area contributed by atoms with Crippen LogP contribution in [0.15, 0.2) is 0 Å². The predicted molar refractivity (Wildman–Crippen MR) is 212 cm³/mol. The van der Waals surface area contributed by atoms with E-state index < -0.39 is 6.10 Å². The molecule has 0 aliphatic heterocycles. The van der Waals surface area contributed by atoms with Gasteiger partial charge in [0, 0.05) is 37.5 Å². The summed E-state index contributed by atoms with van der Waals surface area (Å²) in [5, 5.41) is 19.9. The van der Waals surface area contributed by atoms with E-state index in [2.05, 4.69) is 37.5 Å². The summed E-state index contributed by atoms with van der Waals surface area (Å²) in [6.07, 6.45) is 26.8. The molecule has 0 radical (unpaired) electrons. The summed E-state index contributed by atoms with van der Waals surface area (Å²) in [7, 11) is 0. The van der Waals surface area contributed by atoms with Crippen LogP contribution in [0.25, 0.3) is 0 Å². The maximum Gasteiger partial charge on any atom is 0.307 e. The molecule has 0 aliphatic carbocycles. The molecule has 294 valence electrons. The van der Waals surface area contributed by atoms with Gasteiger partial charge in [-0.2, -0.15) is 11.8 Å². The Hall–Kier alpha value is -1.27. The molecule has 0 bridgehead atoms. The van der Waals surface area contributed by atoms with Crippen molar-refractivity contribution in [2.45, 2.75) is 187 Å². The molecule has 0 saturated heterocycles. The van der Waals surface area contributed by atoms with Gasteiger partial charge < -0.3 is 24.6 Å². The number of aliphatic hydroxyl groups excluding tert-OH is 2. The zero-order valence-electron chi connectivity index (χ0n) is 32.9. The molecule has 0 saturated carbocycles. The number of ether oxygens (including phenoxy) is 2. The molecular weight excluding hydrogens is 647 g/mol. The zero-order chi connectivity index (χ0) is 36.8. The van der Waals surface area contributed by atoms with E-state index in [0.717, 1.165) is 58.0 Å². The van der Waals surface area contributed by atoms with E-state index in [1.165, 1.54) is 103 Å². The van der Waals surface area contributed by atoms with Crippen molar-refractivity contribution in [2.24, 2.45) is 5.92 Å². The largest absolute Gasteiger partial charge is 0.465 e. The normalized spacial score (nSPS) is 12.4. The second-order valence-corrected chi connectivity index (χ2v) is 15.3. The molecule has 0 aromatic heterocycles. The average molecular weight is 726 g/mol. The number of aliphatic hydroxyl groups is 2. The maximum absolute atomic E-state index is 12.6. The van der Waals surface area contributed by atoms with Crippen molar-refractivity contribution in [3.63, 3.8) is 0 Å². The Morgan fingerprint density at radius 3 is 1.88 bits per heavy atom. The van der Waals surface area contributed by atoms with Crippen LogP contribution in [0.4, 0.5) is 0 Å². The fourth-order valence-corrected chi connectivity index (χ4v) is 6.92. The summed E-state index contributed by atoms with van der Waals surface area (Å²) in [4.78, 5) is 26.8. The van der Waals surface area contributed by atoms with E-state index in [1.54, 1.807) is 11.8 Å². The molecule has 0 aliphatic rings. The van der Waals surface area contributed by atoms with Crippen LogP contribution < -0.4 is 0 Å². The highest BCUT2D eigenvalue weighted by atomic mass is 32.2. The molecule has 0 fully saturated rings. The first-order valence-corrected chi connectivity index (χ1v) is 22.0. The highest BCUT2D eigenvalue weighted by molar-refractivity contribution is 7.99. The van der Waals surface area contributed by atoms with Gasteiger partial charge in [0.1, 0.15) is 0 Å². The molecule has 50 heavy (non-hydrogen) atoms. The molecule has 0 aromatic rings.